The fourth-order valence-electron chi connectivity index (χ4n) is 1.86. The van der Waals surface area contributed by atoms with Crippen molar-refractivity contribution in [1.82, 2.24) is 5.32 Å². The van der Waals surface area contributed by atoms with Gasteiger partial charge in [0.15, 0.2) is 0 Å². The summed E-state index contributed by atoms with van der Waals surface area (Å²) in [7, 11) is 0. The van der Waals surface area contributed by atoms with E-state index in [0.717, 1.165) is 17.3 Å². The molecule has 1 atom stereocenters. The summed E-state index contributed by atoms with van der Waals surface area (Å²) in [6.07, 6.45) is 1.32. The van der Waals surface area contributed by atoms with Crippen LogP contribution in [0.25, 0.3) is 0 Å². The third-order valence-corrected chi connectivity index (χ3v) is 3.77. The van der Waals surface area contributed by atoms with E-state index in [9.17, 15) is 4.79 Å². The van der Waals surface area contributed by atoms with E-state index in [1.807, 2.05) is 24.3 Å². The van der Waals surface area contributed by atoms with Gasteiger partial charge < -0.3 is 5.32 Å². The third kappa shape index (κ3) is 5.96. The zero-order chi connectivity index (χ0) is 14.5. The van der Waals surface area contributed by atoms with Gasteiger partial charge in [0, 0.05) is 16.4 Å². The second-order valence-electron chi connectivity index (χ2n) is 5.77. The van der Waals surface area contributed by atoms with Gasteiger partial charge in [-0.05, 0) is 29.5 Å². The lowest BCUT2D eigenvalue weighted by atomic mass is 9.85. The van der Waals surface area contributed by atoms with Crippen LogP contribution in [0.3, 0.4) is 0 Å². The second-order valence-corrected chi connectivity index (χ2v) is 7.00. The molecular formula is C15H21BrClNO. The highest BCUT2D eigenvalue weighted by atomic mass is 79.9. The number of nitrogens with one attached hydrogen (secondary N) is 1. The second kappa shape index (κ2) is 7.30. The van der Waals surface area contributed by atoms with Crippen LogP contribution in [0.15, 0.2) is 24.3 Å². The zero-order valence-electron chi connectivity index (χ0n) is 11.7. The first-order valence-electron chi connectivity index (χ1n) is 6.42. The molecule has 0 aliphatic carbocycles. The minimum Gasteiger partial charge on any atom is -0.353 e. The lowest BCUT2D eigenvalue weighted by Gasteiger charge is -2.31. The van der Waals surface area contributed by atoms with E-state index in [-0.39, 0.29) is 17.4 Å². The fraction of sp³-hybridized carbons (Fsp3) is 0.533. The van der Waals surface area contributed by atoms with Crippen LogP contribution in [0.4, 0.5) is 0 Å². The Bertz CT molecular complexity index is 411. The molecule has 0 heterocycles. The first kappa shape index (κ1) is 16.5. The predicted octanol–water partition coefficient (Wildman–Crippen LogP) is 4.20. The molecule has 106 valence electrons. The van der Waals surface area contributed by atoms with Crippen LogP contribution >= 0.6 is 27.5 Å². The number of hydrogen-bond acceptors (Lipinski definition) is 1. The molecule has 0 saturated carbocycles. The summed E-state index contributed by atoms with van der Waals surface area (Å²) < 4.78 is 0. The number of halogens is 2. The van der Waals surface area contributed by atoms with E-state index >= 15 is 0 Å². The predicted molar refractivity (Wildman–Crippen MR) is 85.0 cm³/mol. The van der Waals surface area contributed by atoms with Gasteiger partial charge in [-0.25, -0.2) is 0 Å². The van der Waals surface area contributed by atoms with Gasteiger partial charge in [0.1, 0.15) is 0 Å². The molecule has 1 N–H and O–H groups in total. The SMILES string of the molecule is CC(C)(C)C(CCBr)NC(=O)Cc1ccc(Cl)cc1. The lowest BCUT2D eigenvalue weighted by molar-refractivity contribution is -0.121. The van der Waals surface area contributed by atoms with Gasteiger partial charge >= 0.3 is 0 Å². The first-order valence-corrected chi connectivity index (χ1v) is 7.92. The average Bonchev–Trinajstić information content (AvgIpc) is 2.30. The summed E-state index contributed by atoms with van der Waals surface area (Å²) in [6, 6.07) is 7.57. The van der Waals surface area contributed by atoms with Gasteiger partial charge in [-0.1, -0.05) is 60.4 Å². The van der Waals surface area contributed by atoms with E-state index in [2.05, 4.69) is 42.0 Å². The number of carbonyl (C=O) groups excluding carboxylic acids is 1. The Kier molecular flexibility index (Phi) is 6.34. The maximum absolute atomic E-state index is 12.1. The fourth-order valence-corrected chi connectivity index (χ4v) is 2.45. The molecule has 1 aromatic rings. The van der Waals surface area contributed by atoms with Crippen LogP contribution in [-0.4, -0.2) is 17.3 Å². The highest BCUT2D eigenvalue weighted by Gasteiger charge is 2.25. The molecule has 0 bridgehead atoms. The molecule has 1 aromatic carbocycles. The summed E-state index contributed by atoms with van der Waals surface area (Å²) >= 11 is 9.27. The van der Waals surface area contributed by atoms with Crippen LogP contribution in [0.2, 0.25) is 5.02 Å². The molecule has 0 aliphatic heterocycles. The highest BCUT2D eigenvalue weighted by molar-refractivity contribution is 9.09. The highest BCUT2D eigenvalue weighted by Crippen LogP contribution is 2.22. The number of alkyl halides is 1. The molecule has 4 heteroatoms. The number of carbonyl (C=O) groups is 1. The van der Waals surface area contributed by atoms with Crippen molar-refractivity contribution in [2.75, 3.05) is 5.33 Å². The molecule has 0 saturated heterocycles. The van der Waals surface area contributed by atoms with E-state index in [4.69, 9.17) is 11.6 Å². The standard InChI is InChI=1S/C15H21BrClNO/c1-15(2,3)13(8-9-16)18-14(19)10-11-4-6-12(17)7-5-11/h4-7,13H,8-10H2,1-3H3,(H,18,19). The molecule has 0 radical (unpaired) electrons. The molecule has 0 aromatic heterocycles. The monoisotopic (exact) mass is 345 g/mol. The van der Waals surface area contributed by atoms with Crippen LogP contribution < -0.4 is 5.32 Å². The van der Waals surface area contributed by atoms with Crippen LogP contribution in [0.1, 0.15) is 32.8 Å². The molecule has 1 rings (SSSR count). The Morgan fingerprint density at radius 3 is 2.37 bits per heavy atom. The Morgan fingerprint density at radius 2 is 1.89 bits per heavy atom. The Labute approximate surface area is 129 Å². The van der Waals surface area contributed by atoms with Crippen molar-refractivity contribution in [2.24, 2.45) is 5.41 Å². The van der Waals surface area contributed by atoms with E-state index in [0.29, 0.717) is 11.4 Å². The Balaban J connectivity index is 2.60. The molecule has 1 unspecified atom stereocenters. The van der Waals surface area contributed by atoms with Gasteiger partial charge in [-0.15, -0.1) is 0 Å². The first-order chi connectivity index (χ1) is 8.82. The molecular weight excluding hydrogens is 326 g/mol. The summed E-state index contributed by atoms with van der Waals surface area (Å²) in [4.78, 5) is 12.1. The quantitative estimate of drug-likeness (QED) is 0.795. The average molecular weight is 347 g/mol. The maximum Gasteiger partial charge on any atom is 0.224 e. The van der Waals surface area contributed by atoms with Gasteiger partial charge in [0.05, 0.1) is 6.42 Å². The van der Waals surface area contributed by atoms with Crippen molar-refractivity contribution >= 4 is 33.4 Å². The zero-order valence-corrected chi connectivity index (χ0v) is 14.0. The van der Waals surface area contributed by atoms with Crippen molar-refractivity contribution in [3.8, 4) is 0 Å². The van der Waals surface area contributed by atoms with Gasteiger partial charge in [0.25, 0.3) is 0 Å². The van der Waals surface area contributed by atoms with Crippen molar-refractivity contribution in [3.63, 3.8) is 0 Å². The van der Waals surface area contributed by atoms with Gasteiger partial charge in [-0.3, -0.25) is 4.79 Å². The van der Waals surface area contributed by atoms with Crippen LogP contribution in [0.5, 0.6) is 0 Å². The van der Waals surface area contributed by atoms with Crippen molar-refractivity contribution in [3.05, 3.63) is 34.9 Å². The molecule has 19 heavy (non-hydrogen) atoms. The summed E-state index contributed by atoms with van der Waals surface area (Å²) in [5, 5.41) is 4.69. The van der Waals surface area contributed by atoms with Gasteiger partial charge in [-0.2, -0.15) is 0 Å². The van der Waals surface area contributed by atoms with E-state index < -0.39 is 0 Å². The van der Waals surface area contributed by atoms with Crippen molar-refractivity contribution in [1.29, 1.82) is 0 Å². The lowest BCUT2D eigenvalue weighted by Crippen LogP contribution is -2.44. The number of rotatable bonds is 5. The molecule has 0 aliphatic rings. The van der Waals surface area contributed by atoms with Crippen LogP contribution in [-0.2, 0) is 11.2 Å². The van der Waals surface area contributed by atoms with Crippen molar-refractivity contribution < 1.29 is 4.79 Å². The maximum atomic E-state index is 12.1. The smallest absolute Gasteiger partial charge is 0.224 e. The summed E-state index contributed by atoms with van der Waals surface area (Å²) in [6.45, 7) is 6.43. The normalized spacial score (nSPS) is 13.1. The van der Waals surface area contributed by atoms with E-state index in [1.165, 1.54) is 0 Å². The largest absolute Gasteiger partial charge is 0.353 e. The van der Waals surface area contributed by atoms with Crippen LogP contribution in [0, 0.1) is 5.41 Å². The molecule has 2 nitrogen and oxygen atoms in total. The number of hydrogen-bond donors (Lipinski definition) is 1. The minimum atomic E-state index is 0.0585. The Morgan fingerprint density at radius 1 is 1.32 bits per heavy atom. The molecule has 1 amide bonds. The molecule has 0 fully saturated rings. The Hall–Kier alpha value is -0.540. The summed E-state index contributed by atoms with van der Waals surface area (Å²) in [5.41, 5.74) is 1.04. The van der Waals surface area contributed by atoms with Gasteiger partial charge in [0.2, 0.25) is 5.91 Å². The topological polar surface area (TPSA) is 29.1 Å². The number of amides is 1. The minimum absolute atomic E-state index is 0.0585. The van der Waals surface area contributed by atoms with Crippen molar-refractivity contribution in [2.45, 2.75) is 39.7 Å². The third-order valence-electron chi connectivity index (χ3n) is 3.06. The molecule has 0 spiro atoms. The van der Waals surface area contributed by atoms with E-state index in [1.54, 1.807) is 0 Å². The summed E-state index contributed by atoms with van der Waals surface area (Å²) in [5.74, 6) is 0.0585. The number of benzene rings is 1.